The van der Waals surface area contributed by atoms with Crippen LogP contribution in [0.15, 0.2) is 24.3 Å². The first-order valence-corrected chi connectivity index (χ1v) is 5.04. The molecule has 0 fully saturated rings. The fraction of sp³-hybridized carbons (Fsp3) is 0.273. The van der Waals surface area contributed by atoms with Crippen LogP contribution < -0.4 is 11.5 Å². The molecule has 2 rings (SSSR count). The summed E-state index contributed by atoms with van der Waals surface area (Å²) in [5, 5.41) is 6.68. The van der Waals surface area contributed by atoms with Crippen LogP contribution in [-0.2, 0) is 5.41 Å². The molecule has 2 aromatic rings. The fourth-order valence-corrected chi connectivity index (χ4v) is 1.59. The van der Waals surface area contributed by atoms with Gasteiger partial charge in [-0.1, -0.05) is 12.1 Å². The number of hydrogen-bond donors (Lipinski definition) is 3. The summed E-state index contributed by atoms with van der Waals surface area (Å²) in [7, 11) is 0. The van der Waals surface area contributed by atoms with Crippen LogP contribution in [0.5, 0.6) is 0 Å². The quantitative estimate of drug-likeness (QED) is 0.661. The summed E-state index contributed by atoms with van der Waals surface area (Å²) in [6.45, 7) is 4.11. The molecule has 1 aromatic heterocycles. The SMILES string of the molecule is CC(C)(c1ccc(N)cc1)c1nc(N)n[nH]1. The van der Waals surface area contributed by atoms with Crippen LogP contribution in [0.4, 0.5) is 11.6 Å². The van der Waals surface area contributed by atoms with Gasteiger partial charge in [-0.05, 0) is 31.5 Å². The van der Waals surface area contributed by atoms with E-state index in [1.54, 1.807) is 0 Å². The Hall–Kier alpha value is -2.04. The van der Waals surface area contributed by atoms with Gasteiger partial charge >= 0.3 is 0 Å². The summed E-state index contributed by atoms with van der Waals surface area (Å²) in [5.41, 5.74) is 12.8. The fourth-order valence-electron chi connectivity index (χ4n) is 1.59. The zero-order valence-corrected chi connectivity index (χ0v) is 9.36. The Morgan fingerprint density at radius 3 is 2.25 bits per heavy atom. The zero-order valence-electron chi connectivity index (χ0n) is 9.36. The highest BCUT2D eigenvalue weighted by Gasteiger charge is 2.26. The maximum absolute atomic E-state index is 5.66. The maximum atomic E-state index is 5.66. The van der Waals surface area contributed by atoms with Crippen LogP contribution in [0.25, 0.3) is 0 Å². The van der Waals surface area contributed by atoms with E-state index in [2.05, 4.69) is 29.0 Å². The number of aromatic amines is 1. The minimum Gasteiger partial charge on any atom is -0.399 e. The molecule has 0 saturated carbocycles. The van der Waals surface area contributed by atoms with Crippen molar-refractivity contribution in [2.45, 2.75) is 19.3 Å². The third kappa shape index (κ3) is 1.71. The number of nitrogens with zero attached hydrogens (tertiary/aromatic N) is 2. The Kier molecular flexibility index (Phi) is 2.30. The van der Waals surface area contributed by atoms with Crippen molar-refractivity contribution < 1.29 is 0 Å². The second kappa shape index (κ2) is 3.52. The molecule has 0 bridgehead atoms. The zero-order chi connectivity index (χ0) is 11.8. The average Bonchev–Trinajstić information content (AvgIpc) is 2.66. The van der Waals surface area contributed by atoms with Crippen LogP contribution in [0.2, 0.25) is 0 Å². The van der Waals surface area contributed by atoms with Gasteiger partial charge in [0.05, 0.1) is 0 Å². The standard InChI is InChI=1S/C11H15N5/c1-11(2,9-14-10(13)16-15-9)7-3-5-8(12)6-4-7/h3-6H,12H2,1-2H3,(H3,13,14,15,16). The van der Waals surface area contributed by atoms with Crippen molar-refractivity contribution in [1.29, 1.82) is 0 Å². The van der Waals surface area contributed by atoms with E-state index in [0.29, 0.717) is 0 Å². The minimum atomic E-state index is -0.266. The maximum Gasteiger partial charge on any atom is 0.239 e. The number of nitrogens with one attached hydrogen (secondary N) is 1. The van der Waals surface area contributed by atoms with Gasteiger partial charge in [-0.25, -0.2) is 0 Å². The van der Waals surface area contributed by atoms with Crippen molar-refractivity contribution >= 4 is 11.6 Å². The molecule has 0 spiro atoms. The Morgan fingerprint density at radius 2 is 1.75 bits per heavy atom. The van der Waals surface area contributed by atoms with E-state index in [1.807, 2.05) is 24.3 Å². The highest BCUT2D eigenvalue weighted by atomic mass is 15.3. The molecule has 5 nitrogen and oxygen atoms in total. The van der Waals surface area contributed by atoms with Gasteiger partial charge in [-0.2, -0.15) is 4.98 Å². The molecule has 0 amide bonds. The normalized spacial score (nSPS) is 11.6. The lowest BCUT2D eigenvalue weighted by Crippen LogP contribution is -2.20. The third-order valence-electron chi connectivity index (χ3n) is 2.73. The molecule has 0 saturated heterocycles. The number of H-pyrrole nitrogens is 1. The van der Waals surface area contributed by atoms with E-state index >= 15 is 0 Å². The van der Waals surface area contributed by atoms with Crippen LogP contribution in [0, 0.1) is 0 Å². The van der Waals surface area contributed by atoms with Gasteiger partial charge in [0.1, 0.15) is 5.82 Å². The Balaban J connectivity index is 2.42. The lowest BCUT2D eigenvalue weighted by Gasteiger charge is -2.22. The second-order valence-electron chi connectivity index (χ2n) is 4.29. The number of aromatic nitrogens is 3. The van der Waals surface area contributed by atoms with Gasteiger partial charge in [-0.3, -0.25) is 5.10 Å². The molecular weight excluding hydrogens is 202 g/mol. The van der Waals surface area contributed by atoms with E-state index < -0.39 is 0 Å². The van der Waals surface area contributed by atoms with Gasteiger partial charge in [0.2, 0.25) is 5.95 Å². The predicted molar refractivity (Wildman–Crippen MR) is 63.8 cm³/mol. The summed E-state index contributed by atoms with van der Waals surface area (Å²) < 4.78 is 0. The average molecular weight is 217 g/mol. The predicted octanol–water partition coefficient (Wildman–Crippen LogP) is 1.29. The Morgan fingerprint density at radius 1 is 1.12 bits per heavy atom. The topological polar surface area (TPSA) is 93.6 Å². The molecule has 16 heavy (non-hydrogen) atoms. The summed E-state index contributed by atoms with van der Waals surface area (Å²) in [6, 6.07) is 7.70. The number of anilines is 2. The summed E-state index contributed by atoms with van der Waals surface area (Å²) in [4.78, 5) is 4.16. The summed E-state index contributed by atoms with van der Waals surface area (Å²) in [6.07, 6.45) is 0. The molecular formula is C11H15N5. The van der Waals surface area contributed by atoms with Gasteiger partial charge in [0, 0.05) is 11.1 Å². The second-order valence-corrected chi connectivity index (χ2v) is 4.29. The van der Waals surface area contributed by atoms with E-state index in [1.165, 1.54) is 0 Å². The van der Waals surface area contributed by atoms with Gasteiger partial charge in [0.25, 0.3) is 0 Å². The number of rotatable bonds is 2. The molecule has 0 aliphatic heterocycles. The first kappa shape index (κ1) is 10.5. The van der Waals surface area contributed by atoms with Crippen LogP contribution >= 0.6 is 0 Å². The molecule has 84 valence electrons. The number of nitrogen functional groups attached to an aromatic ring is 2. The van der Waals surface area contributed by atoms with Crippen molar-refractivity contribution in [2.75, 3.05) is 11.5 Å². The third-order valence-corrected chi connectivity index (χ3v) is 2.73. The molecule has 0 radical (unpaired) electrons. The number of hydrogen-bond acceptors (Lipinski definition) is 4. The number of benzene rings is 1. The van der Waals surface area contributed by atoms with Crippen LogP contribution in [0.3, 0.4) is 0 Å². The van der Waals surface area contributed by atoms with E-state index in [4.69, 9.17) is 11.5 Å². The van der Waals surface area contributed by atoms with E-state index in [0.717, 1.165) is 17.1 Å². The molecule has 5 heteroatoms. The van der Waals surface area contributed by atoms with Gasteiger partial charge in [0.15, 0.2) is 0 Å². The molecule has 0 aliphatic rings. The van der Waals surface area contributed by atoms with E-state index in [-0.39, 0.29) is 11.4 Å². The van der Waals surface area contributed by atoms with Crippen molar-refractivity contribution in [1.82, 2.24) is 15.2 Å². The molecule has 5 N–H and O–H groups in total. The van der Waals surface area contributed by atoms with Crippen molar-refractivity contribution in [3.05, 3.63) is 35.7 Å². The molecule has 0 atom stereocenters. The first-order valence-electron chi connectivity index (χ1n) is 5.04. The van der Waals surface area contributed by atoms with Crippen LogP contribution in [-0.4, -0.2) is 15.2 Å². The lowest BCUT2D eigenvalue weighted by molar-refractivity contribution is 0.594. The summed E-state index contributed by atoms with van der Waals surface area (Å²) in [5.74, 6) is 1.01. The Bertz CT molecular complexity index is 483. The first-order chi connectivity index (χ1) is 7.50. The highest BCUT2D eigenvalue weighted by Crippen LogP contribution is 2.29. The van der Waals surface area contributed by atoms with Crippen molar-refractivity contribution in [3.8, 4) is 0 Å². The number of nitrogens with two attached hydrogens (primary N) is 2. The monoisotopic (exact) mass is 217 g/mol. The molecule has 1 heterocycles. The smallest absolute Gasteiger partial charge is 0.239 e. The highest BCUT2D eigenvalue weighted by molar-refractivity contribution is 5.43. The largest absolute Gasteiger partial charge is 0.399 e. The Labute approximate surface area is 93.9 Å². The van der Waals surface area contributed by atoms with Crippen molar-refractivity contribution in [3.63, 3.8) is 0 Å². The molecule has 0 unspecified atom stereocenters. The minimum absolute atomic E-state index is 0.263. The van der Waals surface area contributed by atoms with Gasteiger partial charge in [-0.15, -0.1) is 5.10 Å². The van der Waals surface area contributed by atoms with Gasteiger partial charge < -0.3 is 11.5 Å². The summed E-state index contributed by atoms with van der Waals surface area (Å²) >= 11 is 0. The van der Waals surface area contributed by atoms with Crippen LogP contribution in [0.1, 0.15) is 25.2 Å². The lowest BCUT2D eigenvalue weighted by atomic mass is 9.84. The van der Waals surface area contributed by atoms with E-state index in [9.17, 15) is 0 Å². The molecule has 1 aromatic carbocycles. The molecule has 0 aliphatic carbocycles. The van der Waals surface area contributed by atoms with Crippen molar-refractivity contribution in [2.24, 2.45) is 0 Å².